The number of carbonyl (C=O) groups is 1. The van der Waals surface area contributed by atoms with E-state index < -0.39 is 16.1 Å². The van der Waals surface area contributed by atoms with Crippen LogP contribution in [0.5, 0.6) is 0 Å². The molecule has 0 aliphatic carbocycles. The molecule has 8 heteroatoms. The van der Waals surface area contributed by atoms with Crippen LogP contribution in [0.25, 0.3) is 0 Å². The average Bonchev–Trinajstić information content (AvgIpc) is 2.55. The Bertz CT molecular complexity index is 721. The second-order valence-electron chi connectivity index (χ2n) is 5.39. The molecule has 144 valence electrons. The van der Waals surface area contributed by atoms with Crippen molar-refractivity contribution in [3.63, 3.8) is 0 Å². The lowest BCUT2D eigenvalue weighted by atomic mass is 10.2. The highest BCUT2D eigenvalue weighted by Crippen LogP contribution is 2.05. The molecule has 7 nitrogen and oxygen atoms in total. The van der Waals surface area contributed by atoms with Gasteiger partial charge in [0, 0.05) is 0 Å². The maximum atomic E-state index is 10.4. The number of aliphatic hydroxyl groups excluding tert-OH is 2. The monoisotopic (exact) mass is 384 g/mol. The van der Waals surface area contributed by atoms with Crippen LogP contribution in [0.3, 0.4) is 0 Å². The van der Waals surface area contributed by atoms with Gasteiger partial charge in [0.2, 0.25) is 0 Å². The molecule has 4 N–H and O–H groups in total. The molecular weight excluding hydrogens is 360 g/mol. The lowest BCUT2D eigenvalue weighted by molar-refractivity contribution is 0.0696. The van der Waals surface area contributed by atoms with Crippen LogP contribution in [-0.2, 0) is 10.1 Å². The van der Waals surface area contributed by atoms with Gasteiger partial charge in [-0.3, -0.25) is 4.55 Å². The molecule has 0 bridgehead atoms. The van der Waals surface area contributed by atoms with Crippen LogP contribution in [0, 0.1) is 0 Å². The summed E-state index contributed by atoms with van der Waals surface area (Å²) in [4.78, 5) is 10.1. The van der Waals surface area contributed by atoms with E-state index in [0.29, 0.717) is 12.0 Å². The number of aromatic carboxylic acids is 1. The van der Waals surface area contributed by atoms with Crippen molar-refractivity contribution in [2.45, 2.75) is 37.4 Å². The van der Waals surface area contributed by atoms with Crippen molar-refractivity contribution in [1.82, 2.24) is 0 Å². The van der Waals surface area contributed by atoms with Crippen molar-refractivity contribution < 1.29 is 33.1 Å². The quantitative estimate of drug-likeness (QED) is 0.595. The van der Waals surface area contributed by atoms with E-state index >= 15 is 0 Å². The highest BCUT2D eigenvalue weighted by molar-refractivity contribution is 7.85. The Balaban J connectivity index is 0.000000368. The fraction of sp³-hybridized carbons (Fsp3) is 0.278. The van der Waals surface area contributed by atoms with E-state index in [1.54, 1.807) is 62.4 Å². The van der Waals surface area contributed by atoms with Crippen molar-refractivity contribution >= 4 is 16.1 Å². The maximum Gasteiger partial charge on any atom is 0.335 e. The molecule has 0 radical (unpaired) electrons. The summed E-state index contributed by atoms with van der Waals surface area (Å²) < 4.78 is 29.2. The molecule has 0 amide bonds. The molecule has 0 spiro atoms. The minimum absolute atomic E-state index is 0.0741. The Morgan fingerprint density at radius 3 is 1.46 bits per heavy atom. The first-order valence-corrected chi connectivity index (χ1v) is 9.15. The number of hydrogen-bond donors (Lipinski definition) is 4. The fourth-order valence-electron chi connectivity index (χ4n) is 1.67. The lowest BCUT2D eigenvalue weighted by Gasteiger charge is -2.04. The largest absolute Gasteiger partial charge is 0.478 e. The second-order valence-corrected chi connectivity index (χ2v) is 6.81. The van der Waals surface area contributed by atoms with Crippen LogP contribution in [-0.4, -0.2) is 46.5 Å². The predicted octanol–water partition coefficient (Wildman–Crippen LogP) is 2.46. The van der Waals surface area contributed by atoms with Crippen molar-refractivity contribution in [3.05, 3.63) is 66.2 Å². The number of hydrogen-bond acceptors (Lipinski definition) is 5. The number of aliphatic hydroxyl groups is 2. The van der Waals surface area contributed by atoms with Crippen molar-refractivity contribution in [1.29, 1.82) is 0 Å². The molecule has 26 heavy (non-hydrogen) atoms. The van der Waals surface area contributed by atoms with Gasteiger partial charge in [0.25, 0.3) is 10.1 Å². The Kier molecular flexibility index (Phi) is 11.1. The summed E-state index contributed by atoms with van der Waals surface area (Å²) in [7, 11) is -4.00. The number of carboxylic acid groups (broad SMARTS) is 1. The molecule has 2 rings (SSSR count). The van der Waals surface area contributed by atoms with Crippen LogP contribution in [0.15, 0.2) is 65.6 Å². The molecule has 2 atom stereocenters. The predicted molar refractivity (Wildman–Crippen MR) is 97.6 cm³/mol. The van der Waals surface area contributed by atoms with Gasteiger partial charge in [-0.25, -0.2) is 4.79 Å². The normalized spacial score (nSPS) is 12.5. The molecule has 2 aromatic rings. The summed E-state index contributed by atoms with van der Waals surface area (Å²) in [5.41, 5.74) is 0.331. The number of rotatable bonds is 4. The lowest BCUT2D eigenvalue weighted by Crippen LogP contribution is -2.10. The van der Waals surface area contributed by atoms with Gasteiger partial charge in [0.1, 0.15) is 0 Å². The fourth-order valence-corrected chi connectivity index (χ4v) is 2.17. The third-order valence-electron chi connectivity index (χ3n) is 2.74. The summed E-state index contributed by atoms with van der Waals surface area (Å²) >= 11 is 0. The highest BCUT2D eigenvalue weighted by Gasteiger charge is 2.05. The maximum absolute atomic E-state index is 10.4. The van der Waals surface area contributed by atoms with Crippen molar-refractivity contribution in [3.8, 4) is 0 Å². The zero-order valence-electron chi connectivity index (χ0n) is 14.6. The van der Waals surface area contributed by atoms with Crippen LogP contribution in [0.4, 0.5) is 0 Å². The molecule has 0 aliphatic rings. The molecule has 0 saturated heterocycles. The van der Waals surface area contributed by atoms with Crippen LogP contribution < -0.4 is 0 Å². The van der Waals surface area contributed by atoms with Gasteiger partial charge in [-0.1, -0.05) is 36.4 Å². The van der Waals surface area contributed by atoms with E-state index in [-0.39, 0.29) is 17.1 Å². The second kappa shape index (κ2) is 12.2. The molecule has 2 unspecified atom stereocenters. The zero-order chi connectivity index (χ0) is 20.2. The topological polar surface area (TPSA) is 132 Å². The third-order valence-corrected chi connectivity index (χ3v) is 3.61. The Morgan fingerprint density at radius 1 is 0.885 bits per heavy atom. The van der Waals surface area contributed by atoms with Gasteiger partial charge in [-0.05, 0) is 44.5 Å². The molecule has 0 heterocycles. The van der Waals surface area contributed by atoms with E-state index in [0.717, 1.165) is 0 Å². The van der Waals surface area contributed by atoms with Crippen molar-refractivity contribution in [2.24, 2.45) is 0 Å². The summed E-state index contributed by atoms with van der Waals surface area (Å²) in [6.07, 6.45) is -0.278. The SMILES string of the molecule is CC(O)CC(C)O.O=C(O)c1ccccc1.O=S(=O)(O)c1ccccc1. The smallest absolute Gasteiger partial charge is 0.335 e. The molecule has 0 aromatic heterocycles. The average molecular weight is 384 g/mol. The summed E-state index contributed by atoms with van der Waals surface area (Å²) in [6, 6.07) is 15.7. The molecule has 0 aliphatic heterocycles. The van der Waals surface area contributed by atoms with Gasteiger partial charge >= 0.3 is 5.97 Å². The van der Waals surface area contributed by atoms with Gasteiger partial charge in [-0.15, -0.1) is 0 Å². The third kappa shape index (κ3) is 12.2. The van der Waals surface area contributed by atoms with Gasteiger partial charge in [0.05, 0.1) is 22.7 Å². The first-order chi connectivity index (χ1) is 12.0. The molecular formula is C18H24O7S. The van der Waals surface area contributed by atoms with E-state index in [4.69, 9.17) is 19.9 Å². The first kappa shape index (κ1) is 23.7. The Labute approximate surface area is 153 Å². The molecule has 0 saturated carbocycles. The summed E-state index contributed by atoms with van der Waals surface area (Å²) in [6.45, 7) is 3.32. The Hall–Kier alpha value is -2.26. The van der Waals surface area contributed by atoms with Gasteiger partial charge in [0.15, 0.2) is 0 Å². The minimum atomic E-state index is -4.00. The zero-order valence-corrected chi connectivity index (χ0v) is 15.4. The van der Waals surface area contributed by atoms with Crippen LogP contribution in [0.1, 0.15) is 30.6 Å². The highest BCUT2D eigenvalue weighted by atomic mass is 32.2. The number of benzene rings is 2. The van der Waals surface area contributed by atoms with Crippen LogP contribution in [0.2, 0.25) is 0 Å². The van der Waals surface area contributed by atoms with E-state index in [2.05, 4.69) is 0 Å². The van der Waals surface area contributed by atoms with E-state index in [1.165, 1.54) is 12.1 Å². The van der Waals surface area contributed by atoms with Gasteiger partial charge in [-0.2, -0.15) is 8.42 Å². The standard InChI is InChI=1S/C7H6O2.C6H6O3S.C5H12O2/c8-7(9)6-4-2-1-3-5-6;7-10(8,9)6-4-2-1-3-5-6;1-4(6)3-5(2)7/h1-5H,(H,8,9);1-5H,(H,7,8,9);4-7H,3H2,1-2H3. The first-order valence-electron chi connectivity index (χ1n) is 7.71. The summed E-state index contributed by atoms with van der Waals surface area (Å²) in [5.74, 6) is -0.879. The van der Waals surface area contributed by atoms with E-state index in [9.17, 15) is 13.2 Å². The van der Waals surface area contributed by atoms with Gasteiger partial charge < -0.3 is 15.3 Å². The minimum Gasteiger partial charge on any atom is -0.478 e. The van der Waals surface area contributed by atoms with E-state index in [1.807, 2.05) is 0 Å². The molecule has 0 fully saturated rings. The Morgan fingerprint density at radius 2 is 1.27 bits per heavy atom. The number of carboxylic acids is 1. The van der Waals surface area contributed by atoms with Crippen molar-refractivity contribution in [2.75, 3.05) is 0 Å². The van der Waals surface area contributed by atoms with Crippen LogP contribution >= 0.6 is 0 Å². The molecule has 2 aromatic carbocycles. The summed E-state index contributed by atoms with van der Waals surface area (Å²) in [5, 5.41) is 25.5.